The molecule has 0 aliphatic rings. The van der Waals surface area contributed by atoms with Crippen LogP contribution in [0.5, 0.6) is 0 Å². The van der Waals surface area contributed by atoms with Crippen molar-refractivity contribution in [1.82, 2.24) is 0 Å². The summed E-state index contributed by atoms with van der Waals surface area (Å²) in [6.45, 7) is 3.74. The number of carbonyl (C=O) groups excluding carboxylic acids is 1. The van der Waals surface area contributed by atoms with E-state index >= 15 is 0 Å². The van der Waals surface area contributed by atoms with E-state index in [1.807, 2.05) is 62.4 Å². The summed E-state index contributed by atoms with van der Waals surface area (Å²) in [5.74, 6) is -1.16. The zero-order valence-corrected chi connectivity index (χ0v) is 12.6. The molecule has 1 atom stereocenters. The average Bonchev–Trinajstić information content (AvgIpc) is 2.50. The molecule has 112 valence electrons. The minimum atomic E-state index is -1.09. The van der Waals surface area contributed by atoms with E-state index < -0.39 is 12.0 Å². The topological polar surface area (TPSA) is 66.3 Å². The number of aliphatic carboxylic acids is 1. The Labute approximate surface area is 128 Å². The normalized spacial score (nSPS) is 12.7. The number of fused-ring (bicyclic) bond motifs is 2. The second-order valence-electron chi connectivity index (χ2n) is 5.78. The first-order valence-electron chi connectivity index (χ1n) is 7.38. The van der Waals surface area contributed by atoms with E-state index in [-0.39, 0.29) is 5.92 Å². The molecule has 1 aromatic heterocycles. The van der Waals surface area contributed by atoms with Crippen LogP contribution in [-0.2, 0) is 4.79 Å². The van der Waals surface area contributed by atoms with Crippen LogP contribution in [0.25, 0.3) is 21.8 Å². The fraction of sp³-hybridized carbons (Fsp3) is 0.222. The van der Waals surface area contributed by atoms with E-state index in [0.29, 0.717) is 0 Å². The second-order valence-corrected chi connectivity index (χ2v) is 5.78. The van der Waals surface area contributed by atoms with Crippen LogP contribution in [0.4, 0.5) is 5.69 Å². The molecular formula is C18H18N2O2. The Balaban J connectivity index is 2.26. The Kier molecular flexibility index (Phi) is 3.67. The molecule has 3 aromatic rings. The minimum Gasteiger partial charge on any atom is -0.548 e. The Bertz CT molecular complexity index is 789. The minimum absolute atomic E-state index is 0.0771. The molecule has 22 heavy (non-hydrogen) atoms. The van der Waals surface area contributed by atoms with Gasteiger partial charge in [0.2, 0.25) is 11.0 Å². The number of aromatic nitrogens is 1. The van der Waals surface area contributed by atoms with Gasteiger partial charge in [0.05, 0.1) is 28.5 Å². The number of benzene rings is 2. The summed E-state index contributed by atoms with van der Waals surface area (Å²) >= 11 is 0. The van der Waals surface area contributed by atoms with Crippen LogP contribution >= 0.6 is 0 Å². The van der Waals surface area contributed by atoms with Gasteiger partial charge >= 0.3 is 0 Å². The van der Waals surface area contributed by atoms with Gasteiger partial charge in [-0.05, 0) is 18.1 Å². The first-order valence-corrected chi connectivity index (χ1v) is 7.38. The molecule has 3 rings (SSSR count). The molecule has 0 unspecified atom stereocenters. The van der Waals surface area contributed by atoms with Crippen molar-refractivity contribution in [1.29, 1.82) is 0 Å². The average molecular weight is 294 g/mol. The van der Waals surface area contributed by atoms with Gasteiger partial charge in [-0.1, -0.05) is 38.1 Å². The molecule has 2 aromatic carbocycles. The first kappa shape index (κ1) is 14.3. The van der Waals surface area contributed by atoms with Crippen molar-refractivity contribution >= 4 is 33.5 Å². The number of carbonyl (C=O) groups is 1. The van der Waals surface area contributed by atoms with E-state index in [4.69, 9.17) is 0 Å². The molecule has 0 bridgehead atoms. The third-order valence-electron chi connectivity index (χ3n) is 3.88. The highest BCUT2D eigenvalue weighted by molar-refractivity contribution is 6.05. The zero-order valence-electron chi connectivity index (χ0n) is 12.6. The van der Waals surface area contributed by atoms with Crippen LogP contribution in [0.2, 0.25) is 0 Å². The number of aromatic amines is 1. The number of rotatable bonds is 4. The molecule has 0 radical (unpaired) electrons. The maximum atomic E-state index is 11.4. The number of pyridine rings is 1. The smallest absolute Gasteiger partial charge is 0.213 e. The summed E-state index contributed by atoms with van der Waals surface area (Å²) in [5, 5.41) is 16.5. The third-order valence-corrected chi connectivity index (χ3v) is 3.88. The SMILES string of the molecule is CC(C)[C@@H](Nc1c2ccccc2[nH+]c2ccccc12)C(=O)[O-]. The van der Waals surface area contributed by atoms with Crippen LogP contribution in [-0.4, -0.2) is 12.0 Å². The second kappa shape index (κ2) is 5.64. The van der Waals surface area contributed by atoms with Crippen LogP contribution in [0.1, 0.15) is 13.8 Å². The Morgan fingerprint density at radius 1 is 1.00 bits per heavy atom. The van der Waals surface area contributed by atoms with Gasteiger partial charge in [-0.25, -0.2) is 4.98 Å². The van der Waals surface area contributed by atoms with Crippen LogP contribution in [0.15, 0.2) is 48.5 Å². The van der Waals surface area contributed by atoms with Crippen molar-refractivity contribution in [3.05, 3.63) is 48.5 Å². The lowest BCUT2D eigenvalue weighted by molar-refractivity contribution is -0.310. The molecular weight excluding hydrogens is 276 g/mol. The molecule has 0 spiro atoms. The molecule has 0 saturated heterocycles. The number of nitrogens with one attached hydrogen (secondary N) is 2. The van der Waals surface area contributed by atoms with Crippen molar-refractivity contribution in [2.75, 3.05) is 5.32 Å². The Morgan fingerprint density at radius 2 is 1.50 bits per heavy atom. The van der Waals surface area contributed by atoms with Crippen LogP contribution < -0.4 is 15.4 Å². The lowest BCUT2D eigenvalue weighted by atomic mass is 10.0. The number of carboxylic acids is 1. The molecule has 1 heterocycles. The van der Waals surface area contributed by atoms with E-state index in [1.165, 1.54) is 0 Å². The van der Waals surface area contributed by atoms with Crippen LogP contribution in [0, 0.1) is 5.92 Å². The van der Waals surface area contributed by atoms with E-state index in [9.17, 15) is 9.90 Å². The van der Waals surface area contributed by atoms with E-state index in [1.54, 1.807) is 0 Å². The molecule has 4 heteroatoms. The first-order chi connectivity index (χ1) is 10.6. The maximum Gasteiger partial charge on any atom is 0.213 e. The van der Waals surface area contributed by atoms with Gasteiger partial charge in [0.25, 0.3) is 0 Å². The summed E-state index contributed by atoms with van der Waals surface area (Å²) in [6, 6.07) is 15.0. The highest BCUT2D eigenvalue weighted by Crippen LogP contribution is 2.29. The predicted molar refractivity (Wildman–Crippen MR) is 85.3 cm³/mol. The van der Waals surface area contributed by atoms with Crippen molar-refractivity contribution < 1.29 is 14.9 Å². The molecule has 2 N–H and O–H groups in total. The maximum absolute atomic E-state index is 11.4. The Hall–Kier alpha value is -2.62. The molecule has 0 aliphatic carbocycles. The summed E-state index contributed by atoms with van der Waals surface area (Å²) in [6.07, 6.45) is 0. The fourth-order valence-electron chi connectivity index (χ4n) is 2.72. The van der Waals surface area contributed by atoms with Crippen molar-refractivity contribution in [3.63, 3.8) is 0 Å². The van der Waals surface area contributed by atoms with Crippen molar-refractivity contribution in [3.8, 4) is 0 Å². The highest BCUT2D eigenvalue weighted by Gasteiger charge is 2.19. The number of para-hydroxylation sites is 2. The third kappa shape index (κ3) is 2.48. The van der Waals surface area contributed by atoms with Gasteiger partial charge in [-0.2, -0.15) is 0 Å². The summed E-state index contributed by atoms with van der Waals surface area (Å²) in [4.78, 5) is 14.8. The molecule has 0 saturated carbocycles. The largest absolute Gasteiger partial charge is 0.548 e. The fourth-order valence-corrected chi connectivity index (χ4v) is 2.72. The highest BCUT2D eigenvalue weighted by atomic mass is 16.4. The lowest BCUT2D eigenvalue weighted by Crippen LogP contribution is -2.44. The van der Waals surface area contributed by atoms with Gasteiger partial charge < -0.3 is 15.2 Å². The van der Waals surface area contributed by atoms with Gasteiger partial charge in [-0.15, -0.1) is 0 Å². The quantitative estimate of drug-likeness (QED) is 0.748. The molecule has 0 fully saturated rings. The molecule has 0 aliphatic heterocycles. The zero-order chi connectivity index (χ0) is 15.7. The van der Waals surface area contributed by atoms with E-state index in [0.717, 1.165) is 27.5 Å². The van der Waals surface area contributed by atoms with Crippen molar-refractivity contribution in [2.24, 2.45) is 5.92 Å². The molecule has 0 amide bonds. The monoisotopic (exact) mass is 294 g/mol. The van der Waals surface area contributed by atoms with Gasteiger partial charge in [-0.3, -0.25) is 0 Å². The van der Waals surface area contributed by atoms with Gasteiger partial charge in [0, 0.05) is 12.1 Å². The standard InChI is InChI=1S/C18H18N2O2/c1-11(2)16(18(21)22)20-17-12-7-3-5-9-14(12)19-15-10-6-4-8-13(15)17/h3-11,16H,1-2H3,(H,19,20)(H,21,22)/t16-/m1/s1. The van der Waals surface area contributed by atoms with Crippen molar-refractivity contribution in [2.45, 2.75) is 19.9 Å². The number of hydrogen-bond donors (Lipinski definition) is 1. The predicted octanol–water partition coefficient (Wildman–Crippen LogP) is 1.99. The summed E-state index contributed by atoms with van der Waals surface area (Å²) in [5.41, 5.74) is 2.75. The Morgan fingerprint density at radius 3 is 1.95 bits per heavy atom. The lowest BCUT2D eigenvalue weighted by Gasteiger charge is -2.25. The van der Waals surface area contributed by atoms with E-state index in [2.05, 4.69) is 10.3 Å². The summed E-state index contributed by atoms with van der Waals surface area (Å²) in [7, 11) is 0. The number of anilines is 1. The van der Waals surface area contributed by atoms with Gasteiger partial charge in [0.1, 0.15) is 0 Å². The van der Waals surface area contributed by atoms with Crippen LogP contribution in [0.3, 0.4) is 0 Å². The molecule has 4 nitrogen and oxygen atoms in total. The number of hydrogen-bond acceptors (Lipinski definition) is 3. The van der Waals surface area contributed by atoms with Gasteiger partial charge in [0.15, 0.2) is 0 Å². The number of carboxylic acid groups (broad SMARTS) is 1. The summed E-state index contributed by atoms with van der Waals surface area (Å²) < 4.78 is 0. The number of H-pyrrole nitrogens is 1.